The van der Waals surface area contributed by atoms with Crippen molar-refractivity contribution in [3.05, 3.63) is 28.2 Å². The first kappa shape index (κ1) is 17.3. The fourth-order valence-electron chi connectivity index (χ4n) is 2.84. The maximum absolute atomic E-state index is 11.9. The first-order valence-electron chi connectivity index (χ1n) is 8.25. The molecule has 3 nitrogen and oxygen atoms in total. The van der Waals surface area contributed by atoms with Crippen LogP contribution in [0.25, 0.3) is 0 Å². The Morgan fingerprint density at radius 2 is 2.05 bits per heavy atom. The van der Waals surface area contributed by atoms with E-state index in [1.54, 1.807) is 0 Å². The van der Waals surface area contributed by atoms with Crippen LogP contribution in [0.4, 0.5) is 0 Å². The van der Waals surface area contributed by atoms with Gasteiger partial charge in [0.25, 0.3) is 5.91 Å². The molecule has 0 aromatic heterocycles. The molecule has 1 fully saturated rings. The highest BCUT2D eigenvalue weighted by Crippen LogP contribution is 2.28. The van der Waals surface area contributed by atoms with Crippen molar-refractivity contribution >= 4 is 21.8 Å². The van der Waals surface area contributed by atoms with E-state index in [-0.39, 0.29) is 12.5 Å². The summed E-state index contributed by atoms with van der Waals surface area (Å²) >= 11 is 3.51. The lowest BCUT2D eigenvalue weighted by atomic mass is 9.89. The maximum atomic E-state index is 11.9. The van der Waals surface area contributed by atoms with Crippen LogP contribution in [0, 0.1) is 5.92 Å². The van der Waals surface area contributed by atoms with Crippen molar-refractivity contribution in [3.8, 4) is 5.75 Å². The molecule has 1 aliphatic rings. The molecule has 4 heteroatoms. The summed E-state index contributed by atoms with van der Waals surface area (Å²) in [5.41, 5.74) is 1.25. The molecule has 0 spiro atoms. The van der Waals surface area contributed by atoms with Crippen molar-refractivity contribution in [1.29, 1.82) is 0 Å². The van der Waals surface area contributed by atoms with E-state index in [1.165, 1.54) is 37.7 Å². The van der Waals surface area contributed by atoms with Gasteiger partial charge in [-0.15, -0.1) is 0 Å². The van der Waals surface area contributed by atoms with Crippen molar-refractivity contribution < 1.29 is 9.53 Å². The zero-order chi connectivity index (χ0) is 15.9. The number of benzene rings is 1. The monoisotopic (exact) mass is 367 g/mol. The van der Waals surface area contributed by atoms with Crippen molar-refractivity contribution in [2.45, 2.75) is 51.9 Å². The molecule has 2 rings (SSSR count). The van der Waals surface area contributed by atoms with Crippen LogP contribution in [0.3, 0.4) is 0 Å². The van der Waals surface area contributed by atoms with Gasteiger partial charge >= 0.3 is 0 Å². The lowest BCUT2D eigenvalue weighted by Crippen LogP contribution is -2.33. The van der Waals surface area contributed by atoms with E-state index in [4.69, 9.17) is 4.74 Å². The van der Waals surface area contributed by atoms with E-state index in [2.05, 4.69) is 41.2 Å². The summed E-state index contributed by atoms with van der Waals surface area (Å²) in [4.78, 5) is 11.9. The molecule has 122 valence electrons. The van der Waals surface area contributed by atoms with Gasteiger partial charge in [0.15, 0.2) is 6.61 Å². The minimum Gasteiger partial charge on any atom is -0.483 e. The summed E-state index contributed by atoms with van der Waals surface area (Å²) < 4.78 is 6.52. The minimum absolute atomic E-state index is 0.0367. The Morgan fingerprint density at radius 3 is 2.68 bits per heavy atom. The Kier molecular flexibility index (Phi) is 6.74. The molecule has 0 atom stereocenters. The van der Waals surface area contributed by atoms with E-state index in [0.717, 1.165) is 16.8 Å². The second kappa shape index (κ2) is 8.56. The van der Waals surface area contributed by atoms with Crippen molar-refractivity contribution in [3.63, 3.8) is 0 Å². The smallest absolute Gasteiger partial charge is 0.257 e. The normalized spacial score (nSPS) is 15.8. The highest BCUT2D eigenvalue weighted by atomic mass is 79.9. The molecular weight excluding hydrogens is 342 g/mol. The van der Waals surface area contributed by atoms with Crippen LogP contribution in [0.2, 0.25) is 0 Å². The second-order valence-corrected chi connectivity index (χ2v) is 7.30. The van der Waals surface area contributed by atoms with Crippen molar-refractivity contribution in [2.75, 3.05) is 13.2 Å². The summed E-state index contributed by atoms with van der Waals surface area (Å²) in [6, 6.07) is 6.03. The van der Waals surface area contributed by atoms with E-state index >= 15 is 0 Å². The fraction of sp³-hybridized carbons (Fsp3) is 0.611. The summed E-state index contributed by atoms with van der Waals surface area (Å²) in [6.45, 7) is 5.17. The molecule has 1 aromatic rings. The SMILES string of the molecule is CC(C)c1ccc(OCC(=O)NCC2CCCCC2)c(Br)c1. The van der Waals surface area contributed by atoms with E-state index in [0.29, 0.717) is 11.8 Å². The van der Waals surface area contributed by atoms with Crippen molar-refractivity contribution in [1.82, 2.24) is 5.32 Å². The van der Waals surface area contributed by atoms with Gasteiger partial charge < -0.3 is 10.1 Å². The zero-order valence-electron chi connectivity index (χ0n) is 13.5. The Labute approximate surface area is 141 Å². The number of amides is 1. The number of carbonyl (C=O) groups is 1. The van der Waals surface area contributed by atoms with Gasteiger partial charge in [-0.25, -0.2) is 0 Å². The second-order valence-electron chi connectivity index (χ2n) is 6.44. The molecule has 0 radical (unpaired) electrons. The molecule has 0 unspecified atom stereocenters. The number of rotatable bonds is 6. The van der Waals surface area contributed by atoms with Crippen LogP contribution in [-0.4, -0.2) is 19.1 Å². The van der Waals surface area contributed by atoms with Gasteiger partial charge in [-0.1, -0.05) is 39.2 Å². The molecule has 0 aliphatic heterocycles. The van der Waals surface area contributed by atoms with Crippen molar-refractivity contribution in [2.24, 2.45) is 5.92 Å². The first-order valence-corrected chi connectivity index (χ1v) is 9.04. The fourth-order valence-corrected chi connectivity index (χ4v) is 3.35. The highest BCUT2D eigenvalue weighted by Gasteiger charge is 2.14. The molecule has 1 amide bonds. The average Bonchev–Trinajstić information content (AvgIpc) is 2.52. The summed E-state index contributed by atoms with van der Waals surface area (Å²) in [7, 11) is 0. The molecule has 1 aromatic carbocycles. The van der Waals surface area contributed by atoms with E-state index in [9.17, 15) is 4.79 Å². The van der Waals surface area contributed by atoms with Gasteiger partial charge in [-0.2, -0.15) is 0 Å². The predicted molar refractivity (Wildman–Crippen MR) is 93.3 cm³/mol. The Morgan fingerprint density at radius 1 is 1.32 bits per heavy atom. The van der Waals surface area contributed by atoms with Gasteiger partial charge in [-0.05, 0) is 58.3 Å². The van der Waals surface area contributed by atoms with Gasteiger partial charge in [0.05, 0.1) is 4.47 Å². The number of ether oxygens (including phenoxy) is 1. The van der Waals surface area contributed by atoms with Crippen LogP contribution < -0.4 is 10.1 Å². The molecule has 22 heavy (non-hydrogen) atoms. The summed E-state index contributed by atoms with van der Waals surface area (Å²) in [6.07, 6.45) is 6.42. The minimum atomic E-state index is -0.0367. The molecule has 0 saturated heterocycles. The maximum Gasteiger partial charge on any atom is 0.257 e. The Bertz CT molecular complexity index is 496. The van der Waals surface area contributed by atoms with Crippen LogP contribution in [0.1, 0.15) is 57.4 Å². The van der Waals surface area contributed by atoms with Gasteiger partial charge in [0.1, 0.15) is 5.75 Å². The van der Waals surface area contributed by atoms with Gasteiger partial charge in [0, 0.05) is 6.54 Å². The largest absolute Gasteiger partial charge is 0.483 e. The number of halogens is 1. The van der Waals surface area contributed by atoms with Crippen LogP contribution >= 0.6 is 15.9 Å². The number of hydrogen-bond donors (Lipinski definition) is 1. The number of nitrogens with one attached hydrogen (secondary N) is 1. The lowest BCUT2D eigenvalue weighted by Gasteiger charge is -2.21. The molecule has 1 saturated carbocycles. The molecular formula is C18H26BrNO2. The van der Waals surface area contributed by atoms with E-state index < -0.39 is 0 Å². The molecule has 1 aliphatic carbocycles. The first-order chi connectivity index (χ1) is 10.6. The Balaban J connectivity index is 1.76. The third-order valence-corrected chi connectivity index (χ3v) is 4.91. The molecule has 0 bridgehead atoms. The predicted octanol–water partition coefficient (Wildman–Crippen LogP) is 4.65. The van der Waals surface area contributed by atoms with Crippen LogP contribution in [0.5, 0.6) is 5.75 Å². The lowest BCUT2D eigenvalue weighted by molar-refractivity contribution is -0.123. The number of hydrogen-bond acceptors (Lipinski definition) is 2. The molecule has 1 N–H and O–H groups in total. The summed E-state index contributed by atoms with van der Waals surface area (Å²) in [5.74, 6) is 1.81. The molecule has 0 heterocycles. The van der Waals surface area contributed by atoms with Crippen LogP contribution in [-0.2, 0) is 4.79 Å². The Hall–Kier alpha value is -1.03. The summed E-state index contributed by atoms with van der Waals surface area (Å²) in [5, 5.41) is 2.99. The number of carbonyl (C=O) groups excluding carboxylic acids is 1. The third kappa shape index (κ3) is 5.31. The van der Waals surface area contributed by atoms with Crippen LogP contribution in [0.15, 0.2) is 22.7 Å². The zero-order valence-corrected chi connectivity index (χ0v) is 15.1. The quantitative estimate of drug-likeness (QED) is 0.794. The average molecular weight is 368 g/mol. The highest BCUT2D eigenvalue weighted by molar-refractivity contribution is 9.10. The third-order valence-electron chi connectivity index (χ3n) is 4.29. The van der Waals surface area contributed by atoms with Gasteiger partial charge in [0.2, 0.25) is 0 Å². The van der Waals surface area contributed by atoms with Gasteiger partial charge in [-0.3, -0.25) is 4.79 Å². The van der Waals surface area contributed by atoms with E-state index in [1.807, 2.05) is 12.1 Å². The standard InChI is InChI=1S/C18H26BrNO2/c1-13(2)15-8-9-17(16(19)10-15)22-12-18(21)20-11-14-6-4-3-5-7-14/h8-10,13-14H,3-7,11-12H2,1-2H3,(H,20,21). The topological polar surface area (TPSA) is 38.3 Å².